The second-order valence-electron chi connectivity index (χ2n) is 4.25. The first-order chi connectivity index (χ1) is 6.77. The number of hydrogen-bond donors (Lipinski definition) is 2. The largest absolute Gasteiger partial charge is 0.378 e. The minimum absolute atomic E-state index is 0.479. The fourth-order valence-corrected chi connectivity index (χ4v) is 2.08. The molecule has 1 heterocycles. The van der Waals surface area contributed by atoms with Crippen LogP contribution in [0, 0.1) is 5.92 Å². The van der Waals surface area contributed by atoms with Crippen LogP contribution in [0.3, 0.4) is 0 Å². The quantitative estimate of drug-likeness (QED) is 0.675. The van der Waals surface area contributed by atoms with E-state index in [9.17, 15) is 0 Å². The monoisotopic (exact) mass is 200 g/mol. The molecule has 3 atom stereocenters. The van der Waals surface area contributed by atoms with E-state index in [0.717, 1.165) is 32.5 Å². The lowest BCUT2D eigenvalue weighted by Crippen LogP contribution is -2.35. The SMILES string of the molecule is CCC1OCCC1CNC(C)CCN. The Balaban J connectivity index is 2.16. The van der Waals surface area contributed by atoms with E-state index in [1.165, 1.54) is 6.42 Å². The second-order valence-corrected chi connectivity index (χ2v) is 4.25. The summed E-state index contributed by atoms with van der Waals surface area (Å²) in [5.74, 6) is 0.709. The summed E-state index contributed by atoms with van der Waals surface area (Å²) in [6, 6.07) is 0.540. The molecule has 3 heteroatoms. The molecule has 14 heavy (non-hydrogen) atoms. The van der Waals surface area contributed by atoms with Crippen molar-refractivity contribution in [2.75, 3.05) is 19.7 Å². The van der Waals surface area contributed by atoms with E-state index in [2.05, 4.69) is 19.2 Å². The number of ether oxygens (including phenoxy) is 1. The molecule has 0 bridgehead atoms. The van der Waals surface area contributed by atoms with Gasteiger partial charge in [0.05, 0.1) is 6.10 Å². The van der Waals surface area contributed by atoms with Crippen molar-refractivity contribution in [1.82, 2.24) is 5.32 Å². The Hall–Kier alpha value is -0.120. The first kappa shape index (κ1) is 12.0. The van der Waals surface area contributed by atoms with Crippen molar-refractivity contribution in [2.24, 2.45) is 11.7 Å². The molecule has 1 rings (SSSR count). The van der Waals surface area contributed by atoms with Gasteiger partial charge < -0.3 is 15.8 Å². The number of nitrogens with one attached hydrogen (secondary N) is 1. The molecule has 3 N–H and O–H groups in total. The summed E-state index contributed by atoms with van der Waals surface area (Å²) in [6.45, 7) is 7.19. The number of rotatable bonds is 6. The van der Waals surface area contributed by atoms with Crippen molar-refractivity contribution in [3.05, 3.63) is 0 Å². The summed E-state index contributed by atoms with van der Waals surface area (Å²) in [6.07, 6.45) is 3.88. The molecular weight excluding hydrogens is 176 g/mol. The molecule has 1 saturated heterocycles. The normalized spacial score (nSPS) is 29.4. The van der Waals surface area contributed by atoms with Gasteiger partial charge in [0, 0.05) is 19.2 Å². The van der Waals surface area contributed by atoms with Crippen LogP contribution in [-0.4, -0.2) is 31.8 Å². The van der Waals surface area contributed by atoms with Crippen molar-refractivity contribution in [3.63, 3.8) is 0 Å². The van der Waals surface area contributed by atoms with Gasteiger partial charge in [0.25, 0.3) is 0 Å². The summed E-state index contributed by atoms with van der Waals surface area (Å²) in [7, 11) is 0. The Morgan fingerprint density at radius 1 is 1.57 bits per heavy atom. The van der Waals surface area contributed by atoms with E-state index in [1.807, 2.05) is 0 Å². The van der Waals surface area contributed by atoms with Crippen LogP contribution in [0.15, 0.2) is 0 Å². The van der Waals surface area contributed by atoms with E-state index in [0.29, 0.717) is 18.1 Å². The van der Waals surface area contributed by atoms with Crippen molar-refractivity contribution in [3.8, 4) is 0 Å². The first-order valence-corrected chi connectivity index (χ1v) is 5.83. The molecule has 0 spiro atoms. The van der Waals surface area contributed by atoms with Crippen molar-refractivity contribution in [1.29, 1.82) is 0 Å². The fourth-order valence-electron chi connectivity index (χ4n) is 2.08. The van der Waals surface area contributed by atoms with Crippen LogP contribution in [0.4, 0.5) is 0 Å². The average Bonchev–Trinajstić information content (AvgIpc) is 2.62. The van der Waals surface area contributed by atoms with Crippen LogP contribution in [0.2, 0.25) is 0 Å². The zero-order chi connectivity index (χ0) is 10.4. The molecule has 1 aliphatic heterocycles. The van der Waals surface area contributed by atoms with E-state index in [-0.39, 0.29) is 0 Å². The van der Waals surface area contributed by atoms with Gasteiger partial charge in [0.1, 0.15) is 0 Å². The summed E-state index contributed by atoms with van der Waals surface area (Å²) in [4.78, 5) is 0. The molecule has 3 nitrogen and oxygen atoms in total. The molecule has 0 aromatic heterocycles. The molecule has 0 aromatic rings. The maximum Gasteiger partial charge on any atom is 0.0613 e. The van der Waals surface area contributed by atoms with Gasteiger partial charge in [0.2, 0.25) is 0 Å². The number of nitrogens with two attached hydrogens (primary N) is 1. The van der Waals surface area contributed by atoms with Crippen molar-refractivity contribution < 1.29 is 4.74 Å². The Bertz CT molecular complexity index is 152. The van der Waals surface area contributed by atoms with Crippen LogP contribution in [-0.2, 0) is 4.74 Å². The van der Waals surface area contributed by atoms with Gasteiger partial charge in [-0.25, -0.2) is 0 Å². The standard InChI is InChI=1S/C11H24N2O/c1-3-11-10(5-7-14-11)8-13-9(2)4-6-12/h9-11,13H,3-8,12H2,1-2H3. The summed E-state index contributed by atoms with van der Waals surface area (Å²) >= 11 is 0. The molecule has 0 radical (unpaired) electrons. The van der Waals surface area contributed by atoms with Gasteiger partial charge in [-0.15, -0.1) is 0 Å². The van der Waals surface area contributed by atoms with E-state index < -0.39 is 0 Å². The van der Waals surface area contributed by atoms with Crippen molar-refractivity contribution in [2.45, 2.75) is 45.3 Å². The molecular formula is C11H24N2O. The van der Waals surface area contributed by atoms with Gasteiger partial charge in [-0.3, -0.25) is 0 Å². The smallest absolute Gasteiger partial charge is 0.0613 e. The summed E-state index contributed by atoms with van der Waals surface area (Å²) in [5, 5.41) is 3.53. The molecule has 1 aliphatic rings. The Kier molecular flexibility index (Phi) is 5.45. The molecule has 0 amide bonds. The topological polar surface area (TPSA) is 47.3 Å². The van der Waals surface area contributed by atoms with Gasteiger partial charge in [-0.05, 0) is 38.6 Å². The third-order valence-corrected chi connectivity index (χ3v) is 3.08. The van der Waals surface area contributed by atoms with Crippen LogP contribution in [0.25, 0.3) is 0 Å². The molecule has 3 unspecified atom stereocenters. The number of hydrogen-bond acceptors (Lipinski definition) is 3. The zero-order valence-electron chi connectivity index (χ0n) is 9.46. The van der Waals surface area contributed by atoms with Crippen LogP contribution < -0.4 is 11.1 Å². The van der Waals surface area contributed by atoms with E-state index in [4.69, 9.17) is 10.5 Å². The van der Waals surface area contributed by atoms with Gasteiger partial charge in [-0.2, -0.15) is 0 Å². The predicted molar refractivity (Wildman–Crippen MR) is 59.3 cm³/mol. The maximum atomic E-state index is 5.64. The highest BCUT2D eigenvalue weighted by Gasteiger charge is 2.26. The minimum atomic E-state index is 0.479. The van der Waals surface area contributed by atoms with Crippen LogP contribution >= 0.6 is 0 Å². The maximum absolute atomic E-state index is 5.64. The third-order valence-electron chi connectivity index (χ3n) is 3.08. The Morgan fingerprint density at radius 2 is 2.36 bits per heavy atom. The van der Waals surface area contributed by atoms with Gasteiger partial charge in [-0.1, -0.05) is 6.92 Å². The lowest BCUT2D eigenvalue weighted by molar-refractivity contribution is 0.0867. The first-order valence-electron chi connectivity index (χ1n) is 5.83. The molecule has 0 aliphatic carbocycles. The fraction of sp³-hybridized carbons (Fsp3) is 1.00. The molecule has 84 valence electrons. The highest BCUT2D eigenvalue weighted by molar-refractivity contribution is 4.78. The Morgan fingerprint density at radius 3 is 3.00 bits per heavy atom. The highest BCUT2D eigenvalue weighted by atomic mass is 16.5. The highest BCUT2D eigenvalue weighted by Crippen LogP contribution is 2.22. The summed E-state index contributed by atoms with van der Waals surface area (Å²) < 4.78 is 5.64. The molecule has 0 aromatic carbocycles. The molecule has 0 saturated carbocycles. The Labute approximate surface area is 87.4 Å². The predicted octanol–water partition coefficient (Wildman–Crippen LogP) is 1.13. The van der Waals surface area contributed by atoms with E-state index >= 15 is 0 Å². The van der Waals surface area contributed by atoms with Crippen molar-refractivity contribution >= 4 is 0 Å². The lowest BCUT2D eigenvalue weighted by Gasteiger charge is -2.20. The van der Waals surface area contributed by atoms with Gasteiger partial charge >= 0.3 is 0 Å². The minimum Gasteiger partial charge on any atom is -0.378 e. The van der Waals surface area contributed by atoms with Gasteiger partial charge in [0.15, 0.2) is 0 Å². The second kappa shape index (κ2) is 6.38. The zero-order valence-corrected chi connectivity index (χ0v) is 9.46. The van der Waals surface area contributed by atoms with E-state index in [1.54, 1.807) is 0 Å². The van der Waals surface area contributed by atoms with Crippen LogP contribution in [0.1, 0.15) is 33.1 Å². The lowest BCUT2D eigenvalue weighted by atomic mass is 9.99. The van der Waals surface area contributed by atoms with Crippen LogP contribution in [0.5, 0.6) is 0 Å². The molecule has 1 fully saturated rings. The third kappa shape index (κ3) is 3.56. The average molecular weight is 200 g/mol. The summed E-state index contributed by atoms with van der Waals surface area (Å²) in [5.41, 5.74) is 5.50.